The minimum atomic E-state index is -0.172. The average Bonchev–Trinajstić information content (AvgIpc) is 3.40. The Balaban J connectivity index is 1.43. The number of rotatable bonds is 4. The number of carbonyl (C=O) groups excluding carboxylic acids is 1. The molecule has 0 aliphatic carbocycles. The molecule has 8 heteroatoms. The van der Waals surface area contributed by atoms with Crippen molar-refractivity contribution in [3.05, 3.63) is 65.9 Å². The van der Waals surface area contributed by atoms with Crippen LogP contribution in [-0.2, 0) is 0 Å². The van der Waals surface area contributed by atoms with Gasteiger partial charge in [0.1, 0.15) is 11.6 Å². The van der Waals surface area contributed by atoms with E-state index in [1.807, 2.05) is 36.1 Å². The molecule has 0 saturated carbocycles. The molecular formula is C21H20N4O4. The van der Waals surface area contributed by atoms with Gasteiger partial charge in [-0.05, 0) is 13.0 Å². The fraction of sp³-hybridized carbons (Fsp3) is 0.333. The van der Waals surface area contributed by atoms with Crippen LogP contribution in [0, 0.1) is 18.8 Å². The first kappa shape index (κ1) is 17.7. The summed E-state index contributed by atoms with van der Waals surface area (Å²) in [5.74, 6) is 2.28. The van der Waals surface area contributed by atoms with Crippen molar-refractivity contribution < 1.29 is 18.8 Å². The van der Waals surface area contributed by atoms with E-state index in [1.54, 1.807) is 18.3 Å². The maximum atomic E-state index is 13.1. The maximum absolute atomic E-state index is 13.1. The lowest BCUT2D eigenvalue weighted by Crippen LogP contribution is -2.35. The Morgan fingerprint density at radius 3 is 2.97 bits per heavy atom. The van der Waals surface area contributed by atoms with Crippen molar-refractivity contribution >= 4 is 5.91 Å². The van der Waals surface area contributed by atoms with Gasteiger partial charge < -0.3 is 18.9 Å². The molecule has 0 bridgehead atoms. The predicted octanol–water partition coefficient (Wildman–Crippen LogP) is 2.67. The molecule has 2 aliphatic rings. The number of aryl methyl sites for hydroxylation is 1. The standard InChI is InChI=1S/C21H20N4O4/c1-13-22-8-7-19(24-13)28-11-14-10-25(21(26)18-6-9-23-29-18)20-15-4-2-3-5-17(15)27-12-16(14)20/h2-9,14,16,20H,10-12H2,1H3/t14-,16-,20-/m0/s1. The minimum Gasteiger partial charge on any atom is -0.493 e. The number of ether oxygens (including phenoxy) is 2. The molecule has 5 rings (SSSR count). The second kappa shape index (κ2) is 7.20. The van der Waals surface area contributed by atoms with Gasteiger partial charge in [0.15, 0.2) is 0 Å². The van der Waals surface area contributed by atoms with Gasteiger partial charge in [-0.2, -0.15) is 4.98 Å². The lowest BCUT2D eigenvalue weighted by atomic mass is 9.85. The number of fused-ring (bicyclic) bond motifs is 3. The summed E-state index contributed by atoms with van der Waals surface area (Å²) in [5.41, 5.74) is 1.01. The summed E-state index contributed by atoms with van der Waals surface area (Å²) >= 11 is 0. The van der Waals surface area contributed by atoms with Gasteiger partial charge in [-0.1, -0.05) is 23.4 Å². The molecule has 0 N–H and O–H groups in total. The number of benzene rings is 1. The molecule has 29 heavy (non-hydrogen) atoms. The Hall–Kier alpha value is -3.42. The van der Waals surface area contributed by atoms with Crippen LogP contribution < -0.4 is 9.47 Å². The molecule has 1 fully saturated rings. The Morgan fingerprint density at radius 2 is 2.14 bits per heavy atom. The quantitative estimate of drug-likeness (QED) is 0.674. The molecule has 2 aliphatic heterocycles. The monoisotopic (exact) mass is 392 g/mol. The van der Waals surface area contributed by atoms with E-state index in [2.05, 4.69) is 15.1 Å². The van der Waals surface area contributed by atoms with Gasteiger partial charge in [0.2, 0.25) is 11.6 Å². The maximum Gasteiger partial charge on any atom is 0.292 e. The third-order valence-electron chi connectivity index (χ3n) is 5.55. The smallest absolute Gasteiger partial charge is 0.292 e. The van der Waals surface area contributed by atoms with Crippen molar-refractivity contribution in [2.45, 2.75) is 13.0 Å². The van der Waals surface area contributed by atoms with Gasteiger partial charge in [-0.25, -0.2) is 4.98 Å². The molecule has 0 spiro atoms. The van der Waals surface area contributed by atoms with E-state index in [0.29, 0.717) is 31.5 Å². The van der Waals surface area contributed by atoms with Crippen LogP contribution in [0.5, 0.6) is 11.6 Å². The first-order chi connectivity index (χ1) is 14.2. The molecule has 3 atom stereocenters. The Bertz CT molecular complexity index is 1020. The molecule has 0 radical (unpaired) electrons. The van der Waals surface area contributed by atoms with E-state index in [9.17, 15) is 4.79 Å². The number of likely N-dealkylation sites (tertiary alicyclic amines) is 1. The van der Waals surface area contributed by atoms with Crippen LogP contribution in [0.1, 0.15) is 28.0 Å². The number of nitrogens with zero attached hydrogens (tertiary/aromatic N) is 4. The molecule has 1 amide bonds. The van der Waals surface area contributed by atoms with Crippen LogP contribution in [0.15, 0.2) is 53.3 Å². The lowest BCUT2D eigenvalue weighted by Gasteiger charge is -2.34. The second-order valence-electron chi connectivity index (χ2n) is 7.30. The zero-order chi connectivity index (χ0) is 19.8. The van der Waals surface area contributed by atoms with E-state index >= 15 is 0 Å². The zero-order valence-corrected chi connectivity index (χ0v) is 15.9. The number of carbonyl (C=O) groups is 1. The number of aromatic nitrogens is 3. The van der Waals surface area contributed by atoms with E-state index in [1.165, 1.54) is 6.20 Å². The number of hydrogen-bond donors (Lipinski definition) is 0. The van der Waals surface area contributed by atoms with Crippen molar-refractivity contribution in [3.8, 4) is 11.6 Å². The largest absolute Gasteiger partial charge is 0.493 e. The van der Waals surface area contributed by atoms with E-state index in [4.69, 9.17) is 14.0 Å². The summed E-state index contributed by atoms with van der Waals surface area (Å²) in [4.78, 5) is 23.4. The summed E-state index contributed by atoms with van der Waals surface area (Å²) in [6.45, 7) is 3.32. The summed E-state index contributed by atoms with van der Waals surface area (Å²) < 4.78 is 17.1. The molecule has 0 unspecified atom stereocenters. The van der Waals surface area contributed by atoms with Crippen LogP contribution in [0.2, 0.25) is 0 Å². The van der Waals surface area contributed by atoms with E-state index < -0.39 is 0 Å². The van der Waals surface area contributed by atoms with Crippen molar-refractivity contribution in [2.24, 2.45) is 11.8 Å². The first-order valence-electron chi connectivity index (χ1n) is 9.56. The van der Waals surface area contributed by atoms with E-state index in [-0.39, 0.29) is 29.5 Å². The predicted molar refractivity (Wildman–Crippen MR) is 101 cm³/mol. The highest BCUT2D eigenvalue weighted by atomic mass is 16.5. The topological polar surface area (TPSA) is 90.6 Å². The third kappa shape index (κ3) is 3.20. The van der Waals surface area contributed by atoms with Crippen molar-refractivity contribution in [3.63, 3.8) is 0 Å². The van der Waals surface area contributed by atoms with Crippen LogP contribution >= 0.6 is 0 Å². The molecule has 148 valence electrons. The Morgan fingerprint density at radius 1 is 1.24 bits per heavy atom. The Kier molecular flexibility index (Phi) is 4.38. The zero-order valence-electron chi connectivity index (χ0n) is 15.9. The first-order valence-corrected chi connectivity index (χ1v) is 9.56. The number of amides is 1. The van der Waals surface area contributed by atoms with Gasteiger partial charge in [0, 0.05) is 42.3 Å². The van der Waals surface area contributed by atoms with Gasteiger partial charge in [0.05, 0.1) is 25.5 Å². The van der Waals surface area contributed by atoms with Gasteiger partial charge in [0.25, 0.3) is 5.91 Å². The highest BCUT2D eigenvalue weighted by molar-refractivity contribution is 5.92. The summed E-state index contributed by atoms with van der Waals surface area (Å²) in [6.07, 6.45) is 3.16. The van der Waals surface area contributed by atoms with Crippen LogP contribution in [0.25, 0.3) is 0 Å². The van der Waals surface area contributed by atoms with Crippen LogP contribution in [0.4, 0.5) is 0 Å². The fourth-order valence-corrected chi connectivity index (χ4v) is 4.22. The van der Waals surface area contributed by atoms with Crippen molar-refractivity contribution in [1.82, 2.24) is 20.0 Å². The van der Waals surface area contributed by atoms with Gasteiger partial charge in [-0.15, -0.1) is 0 Å². The minimum absolute atomic E-state index is 0.0931. The van der Waals surface area contributed by atoms with Crippen molar-refractivity contribution in [1.29, 1.82) is 0 Å². The molecule has 1 saturated heterocycles. The van der Waals surface area contributed by atoms with Crippen molar-refractivity contribution in [2.75, 3.05) is 19.8 Å². The molecule has 3 aromatic rings. The summed E-state index contributed by atoms with van der Waals surface area (Å²) in [5, 5.41) is 3.68. The van der Waals surface area contributed by atoms with Crippen LogP contribution in [-0.4, -0.2) is 45.7 Å². The molecule has 8 nitrogen and oxygen atoms in total. The Labute approximate surface area is 167 Å². The normalized spacial score (nSPS) is 22.5. The van der Waals surface area contributed by atoms with Gasteiger partial charge in [-0.3, -0.25) is 4.79 Å². The summed E-state index contributed by atoms with van der Waals surface area (Å²) in [6, 6.07) is 11.1. The number of hydrogen-bond acceptors (Lipinski definition) is 7. The highest BCUT2D eigenvalue weighted by Gasteiger charge is 2.49. The van der Waals surface area contributed by atoms with E-state index in [0.717, 1.165) is 11.3 Å². The molecule has 4 heterocycles. The molecular weight excluding hydrogens is 372 g/mol. The fourth-order valence-electron chi connectivity index (χ4n) is 4.22. The number of para-hydroxylation sites is 1. The molecule has 1 aromatic carbocycles. The SMILES string of the molecule is Cc1nccc(OC[C@@H]2CN(C(=O)c3ccno3)[C@H]3c4ccccc4OC[C@@H]23)n1. The van der Waals surface area contributed by atoms with Gasteiger partial charge >= 0.3 is 0 Å². The third-order valence-corrected chi connectivity index (χ3v) is 5.55. The molecule has 2 aromatic heterocycles. The summed E-state index contributed by atoms with van der Waals surface area (Å²) in [7, 11) is 0. The lowest BCUT2D eigenvalue weighted by molar-refractivity contribution is 0.0634. The van der Waals surface area contributed by atoms with Crippen LogP contribution in [0.3, 0.4) is 0 Å². The highest BCUT2D eigenvalue weighted by Crippen LogP contribution is 2.47. The average molecular weight is 392 g/mol. The second-order valence-corrected chi connectivity index (χ2v) is 7.30.